The third-order valence-corrected chi connectivity index (χ3v) is 7.44. The first kappa shape index (κ1) is 26.1. The van der Waals surface area contributed by atoms with E-state index in [4.69, 9.17) is 23.6 Å². The molecular formula is C28H33N7O5. The van der Waals surface area contributed by atoms with E-state index < -0.39 is 0 Å². The Balaban J connectivity index is 1.36. The molecule has 0 spiro atoms. The predicted octanol–water partition coefficient (Wildman–Crippen LogP) is 3.34. The number of rotatable bonds is 7. The number of carbonyl (C=O) groups excluding carboxylic acids is 1. The van der Waals surface area contributed by atoms with Gasteiger partial charge in [-0.1, -0.05) is 12.1 Å². The van der Waals surface area contributed by atoms with Crippen LogP contribution in [0.1, 0.15) is 23.2 Å². The Bertz CT molecular complexity index is 1500. The number of piperidine rings is 1. The maximum absolute atomic E-state index is 13.9. The molecular weight excluding hydrogens is 514 g/mol. The van der Waals surface area contributed by atoms with E-state index in [2.05, 4.69) is 20.3 Å². The highest BCUT2D eigenvalue weighted by atomic mass is 16.5. The minimum atomic E-state index is -0.316. The smallest absolute Gasteiger partial charge is 0.300 e. The van der Waals surface area contributed by atoms with Gasteiger partial charge in [-0.25, -0.2) is 4.98 Å². The lowest BCUT2D eigenvalue weighted by molar-refractivity contribution is 0.0817. The number of hydrogen-bond donors (Lipinski definition) is 1. The zero-order chi connectivity index (χ0) is 27.6. The fraction of sp³-hybridized carbons (Fsp3) is 0.429. The number of ether oxygens (including phenoxy) is 3. The summed E-state index contributed by atoms with van der Waals surface area (Å²) in [6, 6.07) is 7.86. The van der Waals surface area contributed by atoms with Gasteiger partial charge in [-0.2, -0.15) is 10.1 Å². The third-order valence-electron chi connectivity index (χ3n) is 7.44. The van der Waals surface area contributed by atoms with Crippen LogP contribution in [-0.4, -0.2) is 85.4 Å². The molecule has 2 fully saturated rings. The van der Waals surface area contributed by atoms with E-state index in [9.17, 15) is 4.79 Å². The van der Waals surface area contributed by atoms with Crippen molar-refractivity contribution in [3.05, 3.63) is 42.2 Å². The van der Waals surface area contributed by atoms with E-state index in [0.717, 1.165) is 24.0 Å². The van der Waals surface area contributed by atoms with Crippen molar-refractivity contribution in [2.75, 3.05) is 68.7 Å². The molecule has 1 amide bonds. The molecule has 1 N–H and O–H groups in total. The SMILES string of the molecule is COc1c(NC(=O)c2cc3oc(N4CCOCC4)nc3nc2N2CCC(OC)CC2)cccc1-c1cnn(C)c1. The quantitative estimate of drug-likeness (QED) is 0.369. The van der Waals surface area contributed by atoms with Gasteiger partial charge >= 0.3 is 0 Å². The Hall–Kier alpha value is -4.16. The number of pyridine rings is 1. The van der Waals surface area contributed by atoms with Crippen molar-refractivity contribution >= 4 is 34.7 Å². The van der Waals surface area contributed by atoms with E-state index in [1.54, 1.807) is 31.2 Å². The average Bonchev–Trinajstić information content (AvgIpc) is 3.62. The van der Waals surface area contributed by atoms with Crippen LogP contribution in [0.15, 0.2) is 41.1 Å². The summed E-state index contributed by atoms with van der Waals surface area (Å²) in [6.45, 7) is 4.02. The molecule has 2 saturated heterocycles. The number of benzene rings is 1. The summed E-state index contributed by atoms with van der Waals surface area (Å²) in [6.07, 6.45) is 5.54. The maximum atomic E-state index is 13.9. The van der Waals surface area contributed by atoms with Crippen LogP contribution in [0.4, 0.5) is 17.5 Å². The van der Waals surface area contributed by atoms with Crippen LogP contribution in [0, 0.1) is 0 Å². The van der Waals surface area contributed by atoms with E-state index in [0.29, 0.717) is 79.5 Å². The zero-order valence-corrected chi connectivity index (χ0v) is 22.9. The number of nitrogens with zero attached hydrogens (tertiary/aromatic N) is 6. The highest BCUT2D eigenvalue weighted by Gasteiger charge is 2.28. The van der Waals surface area contributed by atoms with Crippen molar-refractivity contribution in [1.82, 2.24) is 19.7 Å². The number of oxazole rings is 1. The molecule has 12 nitrogen and oxygen atoms in total. The van der Waals surface area contributed by atoms with Crippen LogP contribution in [0.25, 0.3) is 22.4 Å². The molecule has 0 unspecified atom stereocenters. The van der Waals surface area contributed by atoms with Crippen LogP contribution >= 0.6 is 0 Å². The summed E-state index contributed by atoms with van der Waals surface area (Å²) < 4.78 is 24.6. The average molecular weight is 548 g/mol. The number of nitrogens with one attached hydrogen (secondary N) is 1. The van der Waals surface area contributed by atoms with Gasteiger partial charge in [-0.15, -0.1) is 0 Å². The molecule has 2 aliphatic heterocycles. The second-order valence-corrected chi connectivity index (χ2v) is 9.94. The van der Waals surface area contributed by atoms with Gasteiger partial charge in [-0.05, 0) is 18.9 Å². The van der Waals surface area contributed by atoms with Crippen LogP contribution in [0.3, 0.4) is 0 Å². The minimum Gasteiger partial charge on any atom is -0.494 e. The first-order valence-corrected chi connectivity index (χ1v) is 13.4. The number of fused-ring (bicyclic) bond motifs is 1. The standard InChI is InChI=1S/C28H33N7O5/c1-33-17-18(16-29-33)20-5-4-6-22(24(20)38-3)30-27(36)21-15-23-25(32-28(40-23)35-11-13-39-14-12-35)31-26(21)34-9-7-19(37-2)8-10-34/h4-6,15-17,19H,7-14H2,1-3H3,(H,30,36). The van der Waals surface area contributed by atoms with Crippen molar-refractivity contribution in [3.8, 4) is 16.9 Å². The summed E-state index contributed by atoms with van der Waals surface area (Å²) >= 11 is 0. The number of amides is 1. The van der Waals surface area contributed by atoms with Gasteiger partial charge in [0.2, 0.25) is 5.65 Å². The highest BCUT2D eigenvalue weighted by Crippen LogP contribution is 2.37. The first-order chi connectivity index (χ1) is 19.5. The Morgan fingerprint density at radius 2 is 1.88 bits per heavy atom. The summed E-state index contributed by atoms with van der Waals surface area (Å²) in [5.74, 6) is 0.808. The van der Waals surface area contributed by atoms with Gasteiger partial charge in [0.15, 0.2) is 5.58 Å². The lowest BCUT2D eigenvalue weighted by Gasteiger charge is -2.32. The van der Waals surface area contributed by atoms with Crippen molar-refractivity contribution in [2.45, 2.75) is 18.9 Å². The van der Waals surface area contributed by atoms with Gasteiger partial charge in [0, 0.05) is 63.7 Å². The molecule has 3 aromatic heterocycles. The van der Waals surface area contributed by atoms with E-state index in [-0.39, 0.29) is 12.0 Å². The Kier molecular flexibility index (Phi) is 7.27. The maximum Gasteiger partial charge on any atom is 0.300 e. The van der Waals surface area contributed by atoms with Gasteiger partial charge in [0.25, 0.3) is 11.9 Å². The molecule has 40 heavy (non-hydrogen) atoms. The topological polar surface area (TPSA) is 120 Å². The van der Waals surface area contributed by atoms with Crippen LogP contribution in [-0.2, 0) is 16.5 Å². The summed E-state index contributed by atoms with van der Waals surface area (Å²) in [7, 11) is 5.18. The molecule has 0 aliphatic carbocycles. The molecule has 4 aromatic rings. The normalized spacial score (nSPS) is 16.5. The predicted molar refractivity (Wildman–Crippen MR) is 150 cm³/mol. The van der Waals surface area contributed by atoms with Gasteiger partial charge in [-0.3, -0.25) is 9.48 Å². The number of hydrogen-bond acceptors (Lipinski definition) is 10. The van der Waals surface area contributed by atoms with Crippen molar-refractivity contribution in [2.24, 2.45) is 7.05 Å². The molecule has 0 saturated carbocycles. The van der Waals surface area contributed by atoms with E-state index in [1.807, 2.05) is 36.3 Å². The Morgan fingerprint density at radius 1 is 1.07 bits per heavy atom. The number of para-hydroxylation sites is 1. The number of carbonyl (C=O) groups is 1. The fourth-order valence-electron chi connectivity index (χ4n) is 5.28. The molecule has 6 rings (SSSR count). The molecule has 210 valence electrons. The largest absolute Gasteiger partial charge is 0.494 e. The second-order valence-electron chi connectivity index (χ2n) is 9.94. The van der Waals surface area contributed by atoms with Crippen LogP contribution in [0.2, 0.25) is 0 Å². The summed E-state index contributed by atoms with van der Waals surface area (Å²) in [5.41, 5.74) is 3.59. The summed E-state index contributed by atoms with van der Waals surface area (Å²) in [5, 5.41) is 7.33. The van der Waals surface area contributed by atoms with Gasteiger partial charge in [0.1, 0.15) is 11.6 Å². The minimum absolute atomic E-state index is 0.191. The van der Waals surface area contributed by atoms with Gasteiger partial charge in [0.05, 0.1) is 43.9 Å². The van der Waals surface area contributed by atoms with Crippen LogP contribution in [0.5, 0.6) is 5.75 Å². The first-order valence-electron chi connectivity index (χ1n) is 13.4. The molecule has 0 atom stereocenters. The summed E-state index contributed by atoms with van der Waals surface area (Å²) in [4.78, 5) is 27.6. The number of methoxy groups -OCH3 is 2. The third kappa shape index (κ3) is 5.07. The number of morpholine rings is 1. The highest BCUT2D eigenvalue weighted by molar-refractivity contribution is 6.10. The monoisotopic (exact) mass is 547 g/mol. The van der Waals surface area contributed by atoms with Gasteiger partial charge < -0.3 is 33.7 Å². The van der Waals surface area contributed by atoms with Crippen LogP contribution < -0.4 is 19.9 Å². The van der Waals surface area contributed by atoms with E-state index >= 15 is 0 Å². The van der Waals surface area contributed by atoms with Crippen molar-refractivity contribution in [1.29, 1.82) is 0 Å². The number of aryl methyl sites for hydroxylation is 1. The second kappa shape index (κ2) is 11.1. The number of aromatic nitrogens is 4. The molecule has 1 aromatic carbocycles. The van der Waals surface area contributed by atoms with Crippen molar-refractivity contribution in [3.63, 3.8) is 0 Å². The molecule has 12 heteroatoms. The molecule has 5 heterocycles. The molecule has 0 radical (unpaired) electrons. The van der Waals surface area contributed by atoms with Crippen molar-refractivity contribution < 1.29 is 23.4 Å². The Morgan fingerprint density at radius 3 is 2.58 bits per heavy atom. The fourth-order valence-corrected chi connectivity index (χ4v) is 5.28. The zero-order valence-electron chi connectivity index (χ0n) is 22.9. The number of anilines is 3. The lowest BCUT2D eigenvalue weighted by atomic mass is 10.1. The lowest BCUT2D eigenvalue weighted by Crippen LogP contribution is -2.38. The molecule has 2 aliphatic rings. The van der Waals surface area contributed by atoms with E-state index in [1.165, 1.54) is 0 Å². The Labute approximate surface area is 231 Å². The molecule has 0 bridgehead atoms.